The number of amides is 1. The number of nitrogens with one attached hydrogen (secondary N) is 1. The fraction of sp³-hybridized carbons (Fsp3) is 0.562. The zero-order valence-corrected chi connectivity index (χ0v) is 13.8. The molecule has 0 fully saturated rings. The van der Waals surface area contributed by atoms with Crippen LogP contribution < -0.4 is 5.32 Å². The van der Waals surface area contributed by atoms with E-state index in [2.05, 4.69) is 29.4 Å². The van der Waals surface area contributed by atoms with E-state index in [1.54, 1.807) is 10.9 Å². The molecule has 0 aliphatic heterocycles. The van der Waals surface area contributed by atoms with Gasteiger partial charge in [0.05, 0.1) is 17.8 Å². The van der Waals surface area contributed by atoms with E-state index in [0.29, 0.717) is 12.5 Å². The summed E-state index contributed by atoms with van der Waals surface area (Å²) in [5, 5.41) is 11.7. The summed E-state index contributed by atoms with van der Waals surface area (Å²) in [4.78, 5) is 12.3. The molecule has 1 amide bonds. The molecule has 0 bridgehead atoms. The van der Waals surface area contributed by atoms with Crippen LogP contribution in [0.15, 0.2) is 24.5 Å². The minimum absolute atomic E-state index is 0.0184. The number of anilines is 1. The van der Waals surface area contributed by atoms with Gasteiger partial charge in [0.25, 0.3) is 0 Å². The Labute approximate surface area is 131 Å². The summed E-state index contributed by atoms with van der Waals surface area (Å²) in [5.74, 6) is 0.763. The Kier molecular flexibility index (Phi) is 5.35. The lowest BCUT2D eigenvalue weighted by Crippen LogP contribution is -2.21. The topological polar surface area (TPSA) is 64.7 Å². The molecule has 6 heteroatoms. The largest absolute Gasteiger partial charge is 0.311 e. The van der Waals surface area contributed by atoms with Crippen molar-refractivity contribution in [3.63, 3.8) is 0 Å². The van der Waals surface area contributed by atoms with E-state index in [4.69, 9.17) is 0 Å². The van der Waals surface area contributed by atoms with Gasteiger partial charge in [0.1, 0.15) is 5.82 Å². The highest BCUT2D eigenvalue weighted by Gasteiger charge is 2.17. The third-order valence-corrected chi connectivity index (χ3v) is 3.87. The second kappa shape index (κ2) is 7.24. The number of hydrogen-bond donors (Lipinski definition) is 1. The summed E-state index contributed by atoms with van der Waals surface area (Å²) in [6.45, 7) is 8.20. The maximum atomic E-state index is 12.3. The van der Waals surface area contributed by atoms with E-state index in [1.807, 2.05) is 36.9 Å². The number of rotatable bonds is 7. The molecule has 1 unspecified atom stereocenters. The molecule has 0 aliphatic carbocycles. The number of carbonyl (C=O) groups excluding carboxylic acids is 1. The predicted octanol–water partition coefficient (Wildman–Crippen LogP) is 3.34. The Balaban J connectivity index is 2.05. The smallest absolute Gasteiger partial charge is 0.227 e. The van der Waals surface area contributed by atoms with Crippen molar-refractivity contribution in [2.24, 2.45) is 0 Å². The van der Waals surface area contributed by atoms with E-state index in [9.17, 15) is 4.79 Å². The van der Waals surface area contributed by atoms with Gasteiger partial charge in [0, 0.05) is 24.9 Å². The average molecular weight is 303 g/mol. The van der Waals surface area contributed by atoms with Gasteiger partial charge in [-0.25, -0.2) is 4.68 Å². The molecule has 2 rings (SSSR count). The second-order valence-corrected chi connectivity index (χ2v) is 5.67. The Morgan fingerprint density at radius 1 is 1.36 bits per heavy atom. The summed E-state index contributed by atoms with van der Waals surface area (Å²) in [7, 11) is 0. The van der Waals surface area contributed by atoms with Crippen LogP contribution in [0.25, 0.3) is 0 Å². The van der Waals surface area contributed by atoms with E-state index in [-0.39, 0.29) is 11.9 Å². The zero-order valence-electron chi connectivity index (χ0n) is 13.8. The maximum Gasteiger partial charge on any atom is 0.227 e. The molecule has 0 aromatic carbocycles. The van der Waals surface area contributed by atoms with E-state index in [0.717, 1.165) is 24.4 Å². The van der Waals surface area contributed by atoms with Gasteiger partial charge in [-0.2, -0.15) is 10.2 Å². The normalized spacial score (nSPS) is 12.6. The van der Waals surface area contributed by atoms with E-state index < -0.39 is 0 Å². The van der Waals surface area contributed by atoms with Gasteiger partial charge in [-0.05, 0) is 32.8 Å². The molecule has 6 nitrogen and oxygen atoms in total. The van der Waals surface area contributed by atoms with Crippen LogP contribution in [0, 0.1) is 6.92 Å². The highest BCUT2D eigenvalue weighted by molar-refractivity contribution is 5.90. The number of aryl methyl sites for hydroxylation is 1. The molecule has 120 valence electrons. The van der Waals surface area contributed by atoms with Crippen LogP contribution in [0.4, 0.5) is 5.82 Å². The summed E-state index contributed by atoms with van der Waals surface area (Å²) in [5.41, 5.74) is 0.919. The van der Waals surface area contributed by atoms with Gasteiger partial charge in [0.2, 0.25) is 5.91 Å². The second-order valence-electron chi connectivity index (χ2n) is 5.67. The van der Waals surface area contributed by atoms with Crippen LogP contribution in [-0.4, -0.2) is 25.5 Å². The molecule has 2 aromatic rings. The van der Waals surface area contributed by atoms with Crippen LogP contribution in [0.5, 0.6) is 0 Å². The fourth-order valence-corrected chi connectivity index (χ4v) is 2.62. The van der Waals surface area contributed by atoms with Crippen LogP contribution in [0.3, 0.4) is 0 Å². The number of aromatic nitrogens is 4. The van der Waals surface area contributed by atoms with Crippen LogP contribution >= 0.6 is 0 Å². The molecule has 22 heavy (non-hydrogen) atoms. The standard InChI is InChI=1S/C16H25N5O/c1-5-14(6-2)21-15(10-12(3)19-21)18-16(22)11-13(4)20-9-7-8-17-20/h7-10,13-14H,5-6,11H2,1-4H3,(H,18,22). The van der Waals surface area contributed by atoms with E-state index in [1.165, 1.54) is 0 Å². The lowest BCUT2D eigenvalue weighted by Gasteiger charge is -2.18. The summed E-state index contributed by atoms with van der Waals surface area (Å²) < 4.78 is 3.73. The van der Waals surface area contributed by atoms with Gasteiger partial charge >= 0.3 is 0 Å². The van der Waals surface area contributed by atoms with Gasteiger partial charge in [-0.1, -0.05) is 13.8 Å². The highest BCUT2D eigenvalue weighted by atomic mass is 16.1. The molecule has 1 atom stereocenters. The quantitative estimate of drug-likeness (QED) is 0.853. The average Bonchev–Trinajstić information content (AvgIpc) is 3.11. The summed E-state index contributed by atoms with van der Waals surface area (Å²) in [6, 6.07) is 4.13. The Morgan fingerprint density at radius 3 is 2.68 bits per heavy atom. The summed E-state index contributed by atoms with van der Waals surface area (Å²) in [6.07, 6.45) is 5.96. The van der Waals surface area contributed by atoms with Gasteiger partial charge in [-0.3, -0.25) is 9.48 Å². The van der Waals surface area contributed by atoms with Crippen molar-refractivity contribution >= 4 is 11.7 Å². The Morgan fingerprint density at radius 2 is 2.09 bits per heavy atom. The van der Waals surface area contributed by atoms with Crippen molar-refractivity contribution in [1.29, 1.82) is 0 Å². The molecular formula is C16H25N5O. The van der Waals surface area contributed by atoms with Gasteiger partial charge < -0.3 is 5.32 Å². The fourth-order valence-electron chi connectivity index (χ4n) is 2.62. The van der Waals surface area contributed by atoms with Crippen molar-refractivity contribution < 1.29 is 4.79 Å². The first-order valence-corrected chi connectivity index (χ1v) is 7.90. The lowest BCUT2D eigenvalue weighted by atomic mass is 10.2. The number of hydrogen-bond acceptors (Lipinski definition) is 3. The number of carbonyl (C=O) groups is 1. The maximum absolute atomic E-state index is 12.3. The molecule has 0 saturated carbocycles. The minimum Gasteiger partial charge on any atom is -0.311 e. The molecular weight excluding hydrogens is 278 g/mol. The molecule has 0 spiro atoms. The van der Waals surface area contributed by atoms with Crippen molar-refractivity contribution in [2.75, 3.05) is 5.32 Å². The monoisotopic (exact) mass is 303 g/mol. The summed E-state index contributed by atoms with van der Waals surface area (Å²) >= 11 is 0. The molecule has 2 heterocycles. The van der Waals surface area contributed by atoms with E-state index >= 15 is 0 Å². The third-order valence-electron chi connectivity index (χ3n) is 3.87. The molecule has 0 aliphatic rings. The molecule has 0 radical (unpaired) electrons. The lowest BCUT2D eigenvalue weighted by molar-refractivity contribution is -0.116. The SMILES string of the molecule is CCC(CC)n1nc(C)cc1NC(=O)CC(C)n1cccn1. The minimum atomic E-state index is -0.0184. The zero-order chi connectivity index (χ0) is 16.1. The van der Waals surface area contributed by atoms with Crippen LogP contribution in [0.1, 0.15) is 57.8 Å². The first-order valence-electron chi connectivity index (χ1n) is 7.90. The predicted molar refractivity (Wildman–Crippen MR) is 86.8 cm³/mol. The first kappa shape index (κ1) is 16.3. The van der Waals surface area contributed by atoms with Crippen LogP contribution in [0.2, 0.25) is 0 Å². The van der Waals surface area contributed by atoms with Crippen LogP contribution in [-0.2, 0) is 4.79 Å². The molecule has 2 aromatic heterocycles. The molecule has 1 N–H and O–H groups in total. The van der Waals surface area contributed by atoms with Gasteiger partial charge in [0.15, 0.2) is 0 Å². The highest BCUT2D eigenvalue weighted by Crippen LogP contribution is 2.22. The van der Waals surface area contributed by atoms with Crippen molar-refractivity contribution in [3.05, 3.63) is 30.2 Å². The Bertz CT molecular complexity index is 598. The molecule has 0 saturated heterocycles. The number of nitrogens with zero attached hydrogens (tertiary/aromatic N) is 4. The van der Waals surface area contributed by atoms with Crippen molar-refractivity contribution in [1.82, 2.24) is 19.6 Å². The van der Waals surface area contributed by atoms with Crippen molar-refractivity contribution in [3.8, 4) is 0 Å². The van der Waals surface area contributed by atoms with Crippen molar-refractivity contribution in [2.45, 2.75) is 59.0 Å². The third kappa shape index (κ3) is 3.75. The first-order chi connectivity index (χ1) is 10.5. The Hall–Kier alpha value is -2.11. The van der Waals surface area contributed by atoms with Gasteiger partial charge in [-0.15, -0.1) is 0 Å².